The topological polar surface area (TPSA) is 58.1 Å². The Morgan fingerprint density at radius 3 is 2.67 bits per heavy atom. The van der Waals surface area contributed by atoms with Crippen LogP contribution in [0.2, 0.25) is 0 Å². The fraction of sp³-hybridized carbons (Fsp3) is 0.750. The van der Waals surface area contributed by atoms with Gasteiger partial charge < -0.3 is 4.90 Å². The van der Waals surface area contributed by atoms with Crippen molar-refractivity contribution in [2.24, 2.45) is 5.41 Å². The fourth-order valence-electron chi connectivity index (χ4n) is 2.91. The zero-order chi connectivity index (χ0) is 15.1. The lowest BCUT2D eigenvalue weighted by atomic mass is 9.68. The van der Waals surface area contributed by atoms with Crippen LogP contribution >= 0.6 is 11.3 Å². The van der Waals surface area contributed by atoms with Gasteiger partial charge in [0.05, 0.1) is 6.42 Å². The number of nitrogens with zero attached hydrogens (tertiary/aromatic N) is 3. The minimum Gasteiger partial charge on any atom is -0.324 e. The number of carbonyl (C=O) groups is 1. The first-order valence-electron chi connectivity index (χ1n) is 6.80. The van der Waals surface area contributed by atoms with E-state index < -0.39 is 12.6 Å². The van der Waals surface area contributed by atoms with Crippen LogP contribution in [0.25, 0.3) is 0 Å². The van der Waals surface area contributed by atoms with Gasteiger partial charge in [0.2, 0.25) is 5.13 Å². The van der Waals surface area contributed by atoms with E-state index in [1.165, 1.54) is 6.42 Å². The summed E-state index contributed by atoms with van der Waals surface area (Å²) < 4.78 is 36.7. The fourth-order valence-corrected chi connectivity index (χ4v) is 3.67. The number of alkyl halides is 3. The lowest BCUT2D eigenvalue weighted by Gasteiger charge is -2.37. The number of amides is 2. The summed E-state index contributed by atoms with van der Waals surface area (Å²) >= 11 is 0.766. The summed E-state index contributed by atoms with van der Waals surface area (Å²) in [5.41, 5.74) is 0.292. The first-order valence-corrected chi connectivity index (χ1v) is 7.62. The molecule has 1 aliphatic heterocycles. The molecule has 1 saturated heterocycles. The largest absolute Gasteiger partial charge is 0.395 e. The Morgan fingerprint density at radius 1 is 1.33 bits per heavy atom. The van der Waals surface area contributed by atoms with E-state index in [1.807, 2.05) is 0 Å². The number of likely N-dealkylation sites (tertiary alicyclic amines) is 1. The van der Waals surface area contributed by atoms with Gasteiger partial charge in [0.25, 0.3) is 0 Å². The van der Waals surface area contributed by atoms with E-state index in [0.29, 0.717) is 12.0 Å². The molecule has 1 aromatic rings. The predicted molar refractivity (Wildman–Crippen MR) is 71.2 cm³/mol. The van der Waals surface area contributed by atoms with Crippen LogP contribution in [0.1, 0.15) is 30.7 Å². The number of rotatable bonds is 2. The van der Waals surface area contributed by atoms with E-state index >= 15 is 0 Å². The van der Waals surface area contributed by atoms with E-state index in [9.17, 15) is 18.0 Å². The molecule has 1 spiro atoms. The van der Waals surface area contributed by atoms with Crippen molar-refractivity contribution in [3.63, 3.8) is 0 Å². The third kappa shape index (κ3) is 3.28. The maximum Gasteiger partial charge on any atom is 0.395 e. The second-order valence-electron chi connectivity index (χ2n) is 5.75. The highest BCUT2D eigenvalue weighted by Crippen LogP contribution is 2.48. The molecule has 0 bridgehead atoms. The molecule has 1 aromatic heterocycles. The molecule has 2 fully saturated rings. The SMILES string of the molecule is O=C(Nc1nnc(CC(F)(F)F)s1)N1CCC2(CCC2)C1. The molecular weight excluding hydrogens is 305 g/mol. The first kappa shape index (κ1) is 14.6. The molecule has 3 rings (SSSR count). The third-order valence-corrected chi connectivity index (χ3v) is 5.01. The molecule has 1 saturated carbocycles. The lowest BCUT2D eigenvalue weighted by molar-refractivity contribution is -0.127. The Balaban J connectivity index is 1.55. The third-order valence-electron chi connectivity index (χ3n) is 4.17. The molecule has 0 radical (unpaired) electrons. The highest BCUT2D eigenvalue weighted by molar-refractivity contribution is 7.15. The van der Waals surface area contributed by atoms with Crippen molar-refractivity contribution in [3.8, 4) is 0 Å². The smallest absolute Gasteiger partial charge is 0.324 e. The number of nitrogens with one attached hydrogen (secondary N) is 1. The summed E-state index contributed by atoms with van der Waals surface area (Å²) in [6.45, 7) is 1.42. The molecule has 5 nitrogen and oxygen atoms in total. The number of carbonyl (C=O) groups excluding carboxylic acids is 1. The molecule has 116 valence electrons. The average molecular weight is 320 g/mol. The average Bonchev–Trinajstić information content (AvgIpc) is 2.93. The van der Waals surface area contributed by atoms with Gasteiger partial charge in [0.1, 0.15) is 5.01 Å². The highest BCUT2D eigenvalue weighted by Gasteiger charge is 2.44. The monoisotopic (exact) mass is 320 g/mol. The number of hydrogen-bond acceptors (Lipinski definition) is 4. The first-order chi connectivity index (χ1) is 9.85. The molecule has 1 N–H and O–H groups in total. The van der Waals surface area contributed by atoms with Gasteiger partial charge in [-0.15, -0.1) is 10.2 Å². The zero-order valence-electron chi connectivity index (χ0n) is 11.2. The van der Waals surface area contributed by atoms with Crippen molar-refractivity contribution in [3.05, 3.63) is 5.01 Å². The summed E-state index contributed by atoms with van der Waals surface area (Å²) in [4.78, 5) is 13.8. The second-order valence-corrected chi connectivity index (χ2v) is 6.81. The van der Waals surface area contributed by atoms with E-state index in [2.05, 4.69) is 15.5 Å². The normalized spacial score (nSPS) is 20.6. The summed E-state index contributed by atoms with van der Waals surface area (Å²) in [7, 11) is 0. The Hall–Kier alpha value is -1.38. The zero-order valence-corrected chi connectivity index (χ0v) is 12.1. The summed E-state index contributed by atoms with van der Waals surface area (Å²) in [6, 6.07) is -0.298. The van der Waals surface area contributed by atoms with Gasteiger partial charge in [0.15, 0.2) is 0 Å². The van der Waals surface area contributed by atoms with Crippen LogP contribution in [-0.2, 0) is 6.42 Å². The summed E-state index contributed by atoms with van der Waals surface area (Å²) in [5.74, 6) is 0. The Labute approximate surface area is 123 Å². The van der Waals surface area contributed by atoms with Crippen molar-refractivity contribution in [2.45, 2.75) is 38.3 Å². The molecule has 9 heteroatoms. The molecule has 0 aromatic carbocycles. The summed E-state index contributed by atoms with van der Waals surface area (Å²) in [6.07, 6.45) is -0.890. The van der Waals surface area contributed by atoms with Gasteiger partial charge in [-0.25, -0.2) is 4.79 Å². The van der Waals surface area contributed by atoms with Gasteiger partial charge in [-0.2, -0.15) is 13.2 Å². The second kappa shape index (κ2) is 5.11. The van der Waals surface area contributed by atoms with Crippen LogP contribution in [0.3, 0.4) is 0 Å². The van der Waals surface area contributed by atoms with Crippen molar-refractivity contribution < 1.29 is 18.0 Å². The van der Waals surface area contributed by atoms with Crippen LogP contribution < -0.4 is 5.32 Å². The quantitative estimate of drug-likeness (QED) is 0.911. The minimum absolute atomic E-state index is 0.119. The molecule has 2 amide bonds. The molecular formula is C12H15F3N4OS. The van der Waals surface area contributed by atoms with Crippen LogP contribution in [0.15, 0.2) is 0 Å². The lowest BCUT2D eigenvalue weighted by Crippen LogP contribution is -2.37. The number of urea groups is 1. The van der Waals surface area contributed by atoms with Crippen LogP contribution in [0.5, 0.6) is 0 Å². The van der Waals surface area contributed by atoms with Crippen LogP contribution in [-0.4, -0.2) is 40.4 Å². The molecule has 2 heterocycles. The van der Waals surface area contributed by atoms with E-state index in [1.54, 1.807) is 4.90 Å². The minimum atomic E-state index is -4.31. The number of anilines is 1. The summed E-state index contributed by atoms with van der Waals surface area (Å²) in [5, 5.41) is 9.56. The van der Waals surface area contributed by atoms with Crippen molar-refractivity contribution >= 4 is 22.5 Å². The standard InChI is InChI=1S/C12H15F3N4OS/c13-12(14,15)6-8-17-18-9(21-8)16-10(20)19-5-4-11(7-19)2-1-3-11/h1-7H2,(H,16,18,20). The number of aromatic nitrogens is 2. The van der Waals surface area contributed by atoms with E-state index in [4.69, 9.17) is 0 Å². The Morgan fingerprint density at radius 2 is 2.10 bits per heavy atom. The van der Waals surface area contributed by atoms with Crippen LogP contribution in [0.4, 0.5) is 23.1 Å². The van der Waals surface area contributed by atoms with Crippen molar-refractivity contribution in [2.75, 3.05) is 18.4 Å². The number of hydrogen-bond donors (Lipinski definition) is 1. The number of halogens is 3. The highest BCUT2D eigenvalue weighted by atomic mass is 32.1. The van der Waals surface area contributed by atoms with Gasteiger partial charge >= 0.3 is 12.2 Å². The predicted octanol–water partition coefficient (Wildman–Crippen LogP) is 3.05. The van der Waals surface area contributed by atoms with Gasteiger partial charge in [-0.1, -0.05) is 17.8 Å². The van der Waals surface area contributed by atoms with Crippen molar-refractivity contribution in [1.29, 1.82) is 0 Å². The van der Waals surface area contributed by atoms with Crippen molar-refractivity contribution in [1.82, 2.24) is 15.1 Å². The van der Waals surface area contributed by atoms with E-state index in [-0.39, 0.29) is 16.2 Å². The van der Waals surface area contributed by atoms with E-state index in [0.717, 1.165) is 37.1 Å². The molecule has 21 heavy (non-hydrogen) atoms. The van der Waals surface area contributed by atoms with Crippen LogP contribution in [0, 0.1) is 5.41 Å². The van der Waals surface area contributed by atoms with Gasteiger partial charge in [-0.05, 0) is 24.7 Å². The molecule has 2 aliphatic rings. The van der Waals surface area contributed by atoms with Gasteiger partial charge in [0, 0.05) is 13.1 Å². The molecule has 0 unspecified atom stereocenters. The Bertz CT molecular complexity index is 541. The van der Waals surface area contributed by atoms with Gasteiger partial charge in [-0.3, -0.25) is 5.32 Å². The Kier molecular flexibility index (Phi) is 3.54. The molecule has 1 aliphatic carbocycles. The maximum absolute atomic E-state index is 12.2. The maximum atomic E-state index is 12.2. The molecule has 0 atom stereocenters.